The van der Waals surface area contributed by atoms with Crippen LogP contribution in [0.1, 0.15) is 24.0 Å². The van der Waals surface area contributed by atoms with Crippen LogP contribution in [0.15, 0.2) is 24.3 Å². The fraction of sp³-hybridized carbons (Fsp3) is 0.571. The van der Waals surface area contributed by atoms with Gasteiger partial charge >= 0.3 is 6.18 Å². The van der Waals surface area contributed by atoms with Crippen molar-refractivity contribution in [1.29, 1.82) is 0 Å². The SMILES string of the molecule is FC(F)(F)Cc1cccc(CC2CCCNC2)c1. The van der Waals surface area contributed by atoms with E-state index in [1.54, 1.807) is 18.2 Å². The summed E-state index contributed by atoms with van der Waals surface area (Å²) in [5, 5.41) is 3.33. The number of nitrogens with one attached hydrogen (secondary N) is 1. The molecule has 0 spiro atoms. The molecule has 18 heavy (non-hydrogen) atoms. The maximum absolute atomic E-state index is 12.3. The van der Waals surface area contributed by atoms with Crippen molar-refractivity contribution in [3.63, 3.8) is 0 Å². The van der Waals surface area contributed by atoms with Crippen LogP contribution in [0.25, 0.3) is 0 Å². The molecule has 1 fully saturated rings. The minimum Gasteiger partial charge on any atom is -0.316 e. The summed E-state index contributed by atoms with van der Waals surface area (Å²) in [5.74, 6) is 0.555. The molecule has 1 unspecified atom stereocenters. The number of hydrogen-bond donors (Lipinski definition) is 1. The average Bonchev–Trinajstić information content (AvgIpc) is 2.28. The Morgan fingerprint density at radius 3 is 2.67 bits per heavy atom. The highest BCUT2D eigenvalue weighted by Gasteiger charge is 2.27. The van der Waals surface area contributed by atoms with Crippen LogP contribution in [0.5, 0.6) is 0 Å². The second-order valence-electron chi connectivity index (χ2n) is 5.03. The van der Waals surface area contributed by atoms with Gasteiger partial charge in [-0.15, -0.1) is 0 Å². The van der Waals surface area contributed by atoms with E-state index in [9.17, 15) is 13.2 Å². The predicted molar refractivity (Wildman–Crippen MR) is 65.5 cm³/mol. The summed E-state index contributed by atoms with van der Waals surface area (Å²) in [7, 11) is 0. The lowest BCUT2D eigenvalue weighted by molar-refractivity contribution is -0.127. The molecule has 1 N–H and O–H groups in total. The molecule has 1 atom stereocenters. The van der Waals surface area contributed by atoms with E-state index in [4.69, 9.17) is 0 Å². The van der Waals surface area contributed by atoms with Gasteiger partial charge in [0.05, 0.1) is 6.42 Å². The number of halogens is 3. The van der Waals surface area contributed by atoms with Gasteiger partial charge in [-0.25, -0.2) is 0 Å². The number of rotatable bonds is 3. The first-order chi connectivity index (χ1) is 8.53. The van der Waals surface area contributed by atoms with Crippen molar-refractivity contribution < 1.29 is 13.2 Å². The molecule has 1 aromatic carbocycles. The van der Waals surface area contributed by atoms with Crippen LogP contribution in [0, 0.1) is 5.92 Å². The Hall–Kier alpha value is -1.03. The molecule has 2 rings (SSSR count). The van der Waals surface area contributed by atoms with Gasteiger partial charge in [-0.3, -0.25) is 0 Å². The van der Waals surface area contributed by atoms with E-state index in [0.29, 0.717) is 11.5 Å². The van der Waals surface area contributed by atoms with Gasteiger partial charge in [0, 0.05) is 0 Å². The molecule has 100 valence electrons. The molecule has 1 aliphatic heterocycles. The summed E-state index contributed by atoms with van der Waals surface area (Å²) >= 11 is 0. The van der Waals surface area contributed by atoms with Crippen molar-refractivity contribution in [3.8, 4) is 0 Å². The Morgan fingerprint density at radius 1 is 1.22 bits per heavy atom. The number of hydrogen-bond acceptors (Lipinski definition) is 1. The van der Waals surface area contributed by atoms with Gasteiger partial charge in [-0.1, -0.05) is 24.3 Å². The second kappa shape index (κ2) is 5.74. The maximum Gasteiger partial charge on any atom is 0.393 e. The highest BCUT2D eigenvalue weighted by Crippen LogP contribution is 2.23. The Labute approximate surface area is 105 Å². The van der Waals surface area contributed by atoms with Crippen molar-refractivity contribution in [1.82, 2.24) is 5.32 Å². The summed E-state index contributed by atoms with van der Waals surface area (Å²) < 4.78 is 37.0. The molecule has 0 radical (unpaired) electrons. The summed E-state index contributed by atoms with van der Waals surface area (Å²) in [6.45, 7) is 2.04. The van der Waals surface area contributed by atoms with Crippen molar-refractivity contribution >= 4 is 0 Å². The molecular formula is C14H18F3N. The van der Waals surface area contributed by atoms with E-state index in [1.165, 1.54) is 0 Å². The molecule has 1 aromatic rings. The van der Waals surface area contributed by atoms with E-state index in [-0.39, 0.29) is 0 Å². The van der Waals surface area contributed by atoms with Crippen LogP contribution < -0.4 is 5.32 Å². The third-order valence-corrected chi connectivity index (χ3v) is 3.32. The Morgan fingerprint density at radius 2 is 2.00 bits per heavy atom. The van der Waals surface area contributed by atoms with Gasteiger partial charge in [0.2, 0.25) is 0 Å². The van der Waals surface area contributed by atoms with E-state index in [2.05, 4.69) is 5.32 Å². The molecule has 4 heteroatoms. The van der Waals surface area contributed by atoms with Crippen molar-refractivity contribution in [2.75, 3.05) is 13.1 Å². The summed E-state index contributed by atoms with van der Waals surface area (Å²) in [6, 6.07) is 6.90. The fourth-order valence-corrected chi connectivity index (χ4v) is 2.53. The van der Waals surface area contributed by atoms with E-state index in [0.717, 1.165) is 37.9 Å². The maximum atomic E-state index is 12.3. The van der Waals surface area contributed by atoms with Gasteiger partial charge in [0.25, 0.3) is 0 Å². The monoisotopic (exact) mass is 257 g/mol. The molecule has 1 heterocycles. The lowest BCUT2D eigenvalue weighted by Gasteiger charge is -2.22. The quantitative estimate of drug-likeness (QED) is 0.875. The number of piperidine rings is 1. The molecule has 0 amide bonds. The summed E-state index contributed by atoms with van der Waals surface area (Å²) in [6.07, 6.45) is -1.75. The standard InChI is InChI=1S/C14H18F3N/c15-14(16,17)9-12-4-1-3-11(7-12)8-13-5-2-6-18-10-13/h1,3-4,7,13,18H,2,5-6,8-10H2. The van der Waals surface area contributed by atoms with Crippen molar-refractivity contribution in [2.45, 2.75) is 31.9 Å². The molecule has 0 aliphatic carbocycles. The molecule has 1 aliphatic rings. The van der Waals surface area contributed by atoms with Crippen LogP contribution in [0.3, 0.4) is 0 Å². The van der Waals surface area contributed by atoms with Gasteiger partial charge in [-0.2, -0.15) is 13.2 Å². The zero-order valence-electron chi connectivity index (χ0n) is 10.3. The van der Waals surface area contributed by atoms with Crippen LogP contribution >= 0.6 is 0 Å². The molecule has 0 bridgehead atoms. The minimum atomic E-state index is -4.12. The fourth-order valence-electron chi connectivity index (χ4n) is 2.53. The molecule has 1 nitrogen and oxygen atoms in total. The minimum absolute atomic E-state index is 0.365. The first-order valence-electron chi connectivity index (χ1n) is 6.38. The third-order valence-electron chi connectivity index (χ3n) is 3.32. The van der Waals surface area contributed by atoms with E-state index >= 15 is 0 Å². The van der Waals surface area contributed by atoms with Crippen LogP contribution in [0.2, 0.25) is 0 Å². The lowest BCUT2D eigenvalue weighted by atomic mass is 9.91. The molecular weight excluding hydrogens is 239 g/mol. The van der Waals surface area contributed by atoms with E-state index in [1.807, 2.05) is 6.07 Å². The Bertz CT molecular complexity index is 381. The zero-order valence-corrected chi connectivity index (χ0v) is 10.3. The normalized spacial score (nSPS) is 20.9. The molecule has 1 saturated heterocycles. The van der Waals surface area contributed by atoms with Gasteiger partial charge in [0.1, 0.15) is 0 Å². The summed E-state index contributed by atoms with van der Waals surface area (Å²) in [4.78, 5) is 0. The van der Waals surface area contributed by atoms with Crippen molar-refractivity contribution in [3.05, 3.63) is 35.4 Å². The average molecular weight is 257 g/mol. The van der Waals surface area contributed by atoms with Crippen LogP contribution in [-0.2, 0) is 12.8 Å². The zero-order chi connectivity index (χ0) is 13.0. The van der Waals surface area contributed by atoms with E-state index < -0.39 is 12.6 Å². The number of alkyl halides is 3. The molecule has 0 saturated carbocycles. The van der Waals surface area contributed by atoms with Gasteiger partial charge < -0.3 is 5.32 Å². The largest absolute Gasteiger partial charge is 0.393 e. The predicted octanol–water partition coefficient (Wildman–Crippen LogP) is 3.33. The Kier molecular flexibility index (Phi) is 4.27. The van der Waals surface area contributed by atoms with Gasteiger partial charge in [-0.05, 0) is 49.4 Å². The highest BCUT2D eigenvalue weighted by molar-refractivity contribution is 5.24. The topological polar surface area (TPSA) is 12.0 Å². The Balaban J connectivity index is 1.98. The van der Waals surface area contributed by atoms with Crippen LogP contribution in [-0.4, -0.2) is 19.3 Å². The lowest BCUT2D eigenvalue weighted by Crippen LogP contribution is -2.30. The van der Waals surface area contributed by atoms with Crippen molar-refractivity contribution in [2.24, 2.45) is 5.92 Å². The third kappa shape index (κ3) is 4.33. The first kappa shape index (κ1) is 13.4. The smallest absolute Gasteiger partial charge is 0.316 e. The summed E-state index contributed by atoms with van der Waals surface area (Å²) in [5.41, 5.74) is 1.38. The molecule has 0 aromatic heterocycles. The second-order valence-corrected chi connectivity index (χ2v) is 5.03. The number of benzene rings is 1. The highest BCUT2D eigenvalue weighted by atomic mass is 19.4. The first-order valence-corrected chi connectivity index (χ1v) is 6.38. The van der Waals surface area contributed by atoms with Gasteiger partial charge in [0.15, 0.2) is 0 Å². The van der Waals surface area contributed by atoms with Crippen LogP contribution in [0.4, 0.5) is 13.2 Å².